The minimum Gasteiger partial charge on any atom is -0.378 e. The Kier molecular flexibility index (Phi) is 5.32. The lowest BCUT2D eigenvalue weighted by Gasteiger charge is -2.48. The van der Waals surface area contributed by atoms with Crippen LogP contribution >= 0.6 is 0 Å². The third kappa shape index (κ3) is 3.94. The zero-order chi connectivity index (χ0) is 18.8. The first-order chi connectivity index (χ1) is 13.1. The molecule has 0 spiro atoms. The Bertz CT molecular complexity index is 782. The van der Waals surface area contributed by atoms with Gasteiger partial charge in [-0.25, -0.2) is 8.78 Å². The molecule has 2 aromatic rings. The first kappa shape index (κ1) is 18.3. The van der Waals surface area contributed by atoms with Gasteiger partial charge < -0.3 is 4.74 Å². The second-order valence-corrected chi connectivity index (χ2v) is 7.46. The zero-order valence-electron chi connectivity index (χ0n) is 15.1. The van der Waals surface area contributed by atoms with Crippen molar-refractivity contribution >= 4 is 5.78 Å². The van der Waals surface area contributed by atoms with Gasteiger partial charge in [-0.2, -0.15) is 0 Å². The van der Waals surface area contributed by atoms with E-state index < -0.39 is 6.43 Å². The lowest BCUT2D eigenvalue weighted by atomic mass is 9.80. The molecule has 0 radical (unpaired) electrons. The van der Waals surface area contributed by atoms with E-state index in [1.807, 2.05) is 18.2 Å². The van der Waals surface area contributed by atoms with E-state index in [-0.39, 0.29) is 29.3 Å². The Morgan fingerprint density at radius 2 is 1.74 bits per heavy atom. The number of fused-ring (bicyclic) bond motifs is 2. The number of carbonyl (C=O) groups is 1. The lowest BCUT2D eigenvalue weighted by molar-refractivity contribution is -0.0872. The van der Waals surface area contributed by atoms with Gasteiger partial charge in [0.25, 0.3) is 6.43 Å². The Balaban J connectivity index is 1.49. The molecule has 2 unspecified atom stereocenters. The Hall–Kier alpha value is -2.11. The number of alkyl halides is 2. The van der Waals surface area contributed by atoms with E-state index in [1.54, 1.807) is 12.1 Å². The van der Waals surface area contributed by atoms with Crippen molar-refractivity contribution in [3.63, 3.8) is 0 Å². The van der Waals surface area contributed by atoms with E-state index in [2.05, 4.69) is 17.0 Å². The number of ether oxygens (including phenoxy) is 1. The summed E-state index contributed by atoms with van der Waals surface area (Å²) in [4.78, 5) is 15.4. The van der Waals surface area contributed by atoms with Gasteiger partial charge in [0.15, 0.2) is 5.78 Å². The number of Topliss-reactive ketones (excluding diaryl/α,β-unsaturated/α-hetero) is 1. The van der Waals surface area contributed by atoms with Crippen LogP contribution in [0.5, 0.6) is 0 Å². The molecular weight excluding hydrogens is 348 g/mol. The molecule has 2 atom stereocenters. The average Bonchev–Trinajstić information content (AvgIpc) is 2.68. The molecule has 142 valence electrons. The summed E-state index contributed by atoms with van der Waals surface area (Å²) < 4.78 is 31.7. The summed E-state index contributed by atoms with van der Waals surface area (Å²) in [5.41, 5.74) is 1.56. The Morgan fingerprint density at radius 3 is 2.41 bits per heavy atom. The summed E-state index contributed by atoms with van der Waals surface area (Å²) >= 11 is 0. The van der Waals surface area contributed by atoms with Crippen LogP contribution in [0.1, 0.15) is 40.8 Å². The van der Waals surface area contributed by atoms with Crippen molar-refractivity contribution in [3.05, 3.63) is 71.3 Å². The van der Waals surface area contributed by atoms with Crippen molar-refractivity contribution in [2.75, 3.05) is 13.2 Å². The van der Waals surface area contributed by atoms with Crippen LogP contribution in [-0.2, 0) is 11.3 Å². The molecule has 3 nitrogen and oxygen atoms in total. The quantitative estimate of drug-likeness (QED) is 0.726. The van der Waals surface area contributed by atoms with Crippen molar-refractivity contribution in [1.82, 2.24) is 4.90 Å². The molecule has 0 saturated carbocycles. The maximum Gasteiger partial charge on any atom is 0.263 e. The van der Waals surface area contributed by atoms with Crippen LogP contribution in [0, 0.1) is 5.92 Å². The van der Waals surface area contributed by atoms with Crippen LogP contribution in [0.2, 0.25) is 0 Å². The van der Waals surface area contributed by atoms with Gasteiger partial charge >= 0.3 is 0 Å². The SMILES string of the molecule is O=C(c1cccc(C(F)F)c1)C1CC2COCC(C1)N2Cc1ccccc1. The van der Waals surface area contributed by atoms with E-state index in [4.69, 9.17) is 4.74 Å². The highest BCUT2D eigenvalue weighted by molar-refractivity contribution is 5.98. The zero-order valence-corrected chi connectivity index (χ0v) is 15.1. The standard InChI is InChI=1S/C22H23F2NO2/c23-22(24)17-8-4-7-16(9-17)21(26)18-10-19-13-27-14-20(11-18)25(19)12-15-5-2-1-3-6-15/h1-9,18-20,22H,10-14H2. The predicted molar refractivity (Wildman–Crippen MR) is 98.8 cm³/mol. The highest BCUT2D eigenvalue weighted by Gasteiger charge is 2.41. The van der Waals surface area contributed by atoms with Crippen LogP contribution in [0.25, 0.3) is 0 Å². The fourth-order valence-electron chi connectivity index (χ4n) is 4.32. The highest BCUT2D eigenvalue weighted by atomic mass is 19.3. The number of rotatable bonds is 5. The van der Waals surface area contributed by atoms with Crippen LogP contribution in [0.3, 0.4) is 0 Å². The fraction of sp³-hybridized carbons (Fsp3) is 0.409. The first-order valence-corrected chi connectivity index (χ1v) is 9.41. The Morgan fingerprint density at radius 1 is 1.04 bits per heavy atom. The molecule has 4 rings (SSSR count). The van der Waals surface area contributed by atoms with Crippen LogP contribution in [0.4, 0.5) is 8.78 Å². The molecule has 2 saturated heterocycles. The maximum atomic E-state index is 13.0. The number of ketones is 1. The third-order valence-electron chi connectivity index (χ3n) is 5.67. The number of halogens is 2. The number of piperidine rings is 1. The van der Waals surface area contributed by atoms with Crippen LogP contribution < -0.4 is 0 Å². The van der Waals surface area contributed by atoms with E-state index in [1.165, 1.54) is 17.7 Å². The maximum absolute atomic E-state index is 13.0. The summed E-state index contributed by atoms with van der Waals surface area (Å²) in [6, 6.07) is 16.6. The molecule has 2 aromatic carbocycles. The summed E-state index contributed by atoms with van der Waals surface area (Å²) in [7, 11) is 0. The number of morpholine rings is 1. The number of hydrogen-bond donors (Lipinski definition) is 0. The fourth-order valence-corrected chi connectivity index (χ4v) is 4.32. The van der Waals surface area contributed by atoms with Gasteiger partial charge in [-0.15, -0.1) is 0 Å². The van der Waals surface area contributed by atoms with Gasteiger partial charge in [-0.1, -0.05) is 48.5 Å². The Labute approximate surface area is 157 Å². The van der Waals surface area contributed by atoms with Crippen molar-refractivity contribution in [2.45, 2.75) is 37.9 Å². The number of nitrogens with zero attached hydrogens (tertiary/aromatic N) is 1. The van der Waals surface area contributed by atoms with Crippen LogP contribution in [0.15, 0.2) is 54.6 Å². The van der Waals surface area contributed by atoms with Crippen molar-refractivity contribution in [3.8, 4) is 0 Å². The second-order valence-electron chi connectivity index (χ2n) is 7.46. The van der Waals surface area contributed by atoms with Crippen LogP contribution in [-0.4, -0.2) is 36.0 Å². The molecule has 0 aliphatic carbocycles. The molecule has 2 fully saturated rings. The number of hydrogen-bond acceptors (Lipinski definition) is 3. The smallest absolute Gasteiger partial charge is 0.263 e. The molecule has 0 aromatic heterocycles. The summed E-state index contributed by atoms with van der Waals surface area (Å²) in [5.74, 6) is -0.155. The molecular formula is C22H23F2NO2. The second kappa shape index (κ2) is 7.87. The van der Waals surface area contributed by atoms with Crippen molar-refractivity contribution in [1.29, 1.82) is 0 Å². The normalized spacial score (nSPS) is 25.5. The largest absolute Gasteiger partial charge is 0.378 e. The van der Waals surface area contributed by atoms with Gasteiger partial charge in [-0.05, 0) is 24.5 Å². The van der Waals surface area contributed by atoms with Gasteiger partial charge in [0.2, 0.25) is 0 Å². The van der Waals surface area contributed by atoms with E-state index in [0.29, 0.717) is 31.6 Å². The van der Waals surface area contributed by atoms with E-state index in [9.17, 15) is 13.6 Å². The third-order valence-corrected chi connectivity index (χ3v) is 5.67. The molecule has 0 N–H and O–H groups in total. The monoisotopic (exact) mass is 371 g/mol. The minimum atomic E-state index is -2.56. The van der Waals surface area contributed by atoms with Crippen molar-refractivity contribution in [2.24, 2.45) is 5.92 Å². The van der Waals surface area contributed by atoms with Gasteiger partial charge in [0.05, 0.1) is 13.2 Å². The lowest BCUT2D eigenvalue weighted by Crippen LogP contribution is -2.57. The molecule has 2 aliphatic heterocycles. The van der Waals surface area contributed by atoms with Gasteiger partial charge in [0.1, 0.15) is 0 Å². The number of benzene rings is 2. The first-order valence-electron chi connectivity index (χ1n) is 9.41. The number of carbonyl (C=O) groups excluding carboxylic acids is 1. The average molecular weight is 371 g/mol. The van der Waals surface area contributed by atoms with Gasteiger partial charge in [-0.3, -0.25) is 9.69 Å². The minimum absolute atomic E-state index is 0.0197. The molecule has 5 heteroatoms. The summed E-state index contributed by atoms with van der Waals surface area (Å²) in [6.45, 7) is 2.08. The van der Waals surface area contributed by atoms with Crippen molar-refractivity contribution < 1.29 is 18.3 Å². The molecule has 27 heavy (non-hydrogen) atoms. The van der Waals surface area contributed by atoms with E-state index in [0.717, 1.165) is 6.54 Å². The predicted octanol–water partition coefficient (Wildman–Crippen LogP) is 4.49. The summed E-state index contributed by atoms with van der Waals surface area (Å²) in [5, 5.41) is 0. The summed E-state index contributed by atoms with van der Waals surface area (Å²) in [6.07, 6.45) is -1.14. The topological polar surface area (TPSA) is 29.5 Å². The molecule has 2 heterocycles. The van der Waals surface area contributed by atoms with E-state index >= 15 is 0 Å². The molecule has 2 aliphatic rings. The molecule has 2 bridgehead atoms. The van der Waals surface area contributed by atoms with Gasteiger partial charge in [0, 0.05) is 35.7 Å². The molecule has 0 amide bonds. The highest BCUT2D eigenvalue weighted by Crippen LogP contribution is 2.35.